The molecule has 2 aromatic rings. The number of Topliss-reactive ketones (excluding diaryl/α,β-unsaturated/α-hetero) is 1. The van der Waals surface area contributed by atoms with Gasteiger partial charge in [0.1, 0.15) is 6.04 Å². The van der Waals surface area contributed by atoms with Crippen LogP contribution in [0.3, 0.4) is 0 Å². The predicted molar refractivity (Wildman–Crippen MR) is 129 cm³/mol. The van der Waals surface area contributed by atoms with Gasteiger partial charge in [0, 0.05) is 11.3 Å². The van der Waals surface area contributed by atoms with Crippen molar-refractivity contribution in [2.24, 2.45) is 5.41 Å². The Morgan fingerprint density at radius 2 is 1.68 bits per heavy atom. The molecule has 0 aromatic heterocycles. The molecule has 0 bridgehead atoms. The molecule has 0 aliphatic carbocycles. The molecule has 0 spiro atoms. The van der Waals surface area contributed by atoms with Gasteiger partial charge in [0.05, 0.1) is 28.9 Å². The Bertz CT molecular complexity index is 1320. The highest BCUT2D eigenvalue weighted by Gasteiger charge is 2.50. The molecule has 37 heavy (non-hydrogen) atoms. The first-order chi connectivity index (χ1) is 17.1. The number of urea groups is 1. The van der Waals surface area contributed by atoms with Crippen molar-refractivity contribution in [2.75, 3.05) is 4.90 Å². The minimum absolute atomic E-state index is 0.0530. The number of ketones is 1. The second-order valence-corrected chi connectivity index (χ2v) is 9.87. The van der Waals surface area contributed by atoms with Crippen molar-refractivity contribution in [3.63, 3.8) is 0 Å². The van der Waals surface area contributed by atoms with Gasteiger partial charge in [-0.2, -0.15) is 18.4 Å². The van der Waals surface area contributed by atoms with Gasteiger partial charge in [-0.1, -0.05) is 39.0 Å². The van der Waals surface area contributed by atoms with Crippen molar-refractivity contribution < 1.29 is 32.7 Å². The van der Waals surface area contributed by atoms with Gasteiger partial charge >= 0.3 is 18.2 Å². The first-order valence-electron chi connectivity index (χ1n) is 11.3. The smallest absolute Gasteiger partial charge is 0.416 e. The average Bonchev–Trinajstić information content (AvgIpc) is 2.79. The number of aliphatic carboxylic acids is 1. The molecule has 0 saturated carbocycles. The molecule has 1 aliphatic heterocycles. The number of hydrogen-bond donors (Lipinski definition) is 1. The zero-order chi connectivity index (χ0) is 27.9. The first kappa shape index (κ1) is 27.5. The van der Waals surface area contributed by atoms with Crippen molar-refractivity contribution in [1.29, 1.82) is 5.26 Å². The van der Waals surface area contributed by atoms with Crippen molar-refractivity contribution >= 4 is 23.5 Å². The molecule has 0 saturated heterocycles. The summed E-state index contributed by atoms with van der Waals surface area (Å²) in [4.78, 5) is 41.6. The number of rotatable bonds is 5. The second kappa shape index (κ2) is 9.73. The average molecular weight is 514 g/mol. The van der Waals surface area contributed by atoms with Gasteiger partial charge in [-0.3, -0.25) is 14.6 Å². The zero-order valence-electron chi connectivity index (χ0n) is 20.9. The molecule has 1 N–H and O–H groups in total. The number of amides is 2. The van der Waals surface area contributed by atoms with Crippen molar-refractivity contribution in [3.05, 3.63) is 76.5 Å². The van der Waals surface area contributed by atoms with Gasteiger partial charge in [-0.15, -0.1) is 0 Å². The van der Waals surface area contributed by atoms with Crippen molar-refractivity contribution in [3.8, 4) is 6.07 Å². The van der Waals surface area contributed by atoms with Crippen LogP contribution >= 0.6 is 0 Å². The predicted octanol–water partition coefficient (Wildman–Crippen LogP) is 5.92. The van der Waals surface area contributed by atoms with E-state index in [1.54, 1.807) is 20.8 Å². The maximum Gasteiger partial charge on any atom is 0.416 e. The van der Waals surface area contributed by atoms with Gasteiger partial charge in [0.25, 0.3) is 0 Å². The SMILES string of the molecule is CC(=O)C1=C(C)N(c2cccc(C(F)(F)F)c2)C(=O)N(C(C(=O)O)C(C)(C)C)[C@@H]1c1ccc(C#N)cc1. The molecule has 0 radical (unpaired) electrons. The lowest BCUT2D eigenvalue weighted by molar-refractivity contribution is -0.147. The minimum atomic E-state index is -4.68. The summed E-state index contributed by atoms with van der Waals surface area (Å²) in [6, 6.07) is 8.57. The maximum absolute atomic E-state index is 14.1. The molecule has 1 heterocycles. The van der Waals surface area contributed by atoms with Gasteiger partial charge in [-0.25, -0.2) is 9.59 Å². The monoisotopic (exact) mass is 513 g/mol. The number of alkyl halides is 3. The molecule has 2 atom stereocenters. The quantitative estimate of drug-likeness (QED) is 0.535. The summed E-state index contributed by atoms with van der Waals surface area (Å²) in [7, 11) is 0. The number of carbonyl (C=O) groups is 3. The molecule has 1 aliphatic rings. The molecule has 2 amide bonds. The molecule has 1 unspecified atom stereocenters. The summed E-state index contributed by atoms with van der Waals surface area (Å²) >= 11 is 0. The molecule has 10 heteroatoms. The van der Waals surface area contributed by atoms with E-state index in [4.69, 9.17) is 0 Å². The van der Waals surface area contributed by atoms with Gasteiger partial charge < -0.3 is 5.11 Å². The molecule has 0 fully saturated rings. The maximum atomic E-state index is 14.1. The molecular formula is C27H26F3N3O4. The summed E-state index contributed by atoms with van der Waals surface area (Å²) in [5, 5.41) is 19.4. The second-order valence-electron chi connectivity index (χ2n) is 9.87. The summed E-state index contributed by atoms with van der Waals surface area (Å²) in [6.07, 6.45) is -4.68. The fraction of sp³-hybridized carbons (Fsp3) is 0.333. The van der Waals surface area contributed by atoms with Crippen molar-refractivity contribution in [2.45, 2.75) is 52.9 Å². The van der Waals surface area contributed by atoms with E-state index < -0.39 is 47.0 Å². The number of halogens is 3. The Labute approximate surface area is 212 Å². The molecule has 2 aromatic carbocycles. The van der Waals surface area contributed by atoms with Crippen LogP contribution < -0.4 is 4.90 Å². The Balaban J connectivity index is 2.38. The normalized spacial score (nSPS) is 17.5. The zero-order valence-corrected chi connectivity index (χ0v) is 20.9. The molecule has 7 nitrogen and oxygen atoms in total. The lowest BCUT2D eigenvalue weighted by atomic mass is 9.81. The van der Waals surface area contributed by atoms with Gasteiger partial charge in [0.15, 0.2) is 5.78 Å². The summed E-state index contributed by atoms with van der Waals surface area (Å²) < 4.78 is 40.4. The third kappa shape index (κ3) is 5.21. The fourth-order valence-electron chi connectivity index (χ4n) is 4.63. The lowest BCUT2D eigenvalue weighted by Crippen LogP contribution is -2.60. The number of benzene rings is 2. The highest BCUT2D eigenvalue weighted by atomic mass is 19.4. The number of carbonyl (C=O) groups excluding carboxylic acids is 2. The first-order valence-corrected chi connectivity index (χ1v) is 11.3. The molecule has 194 valence electrons. The number of allylic oxidation sites excluding steroid dienone is 1. The minimum Gasteiger partial charge on any atom is -0.480 e. The highest BCUT2D eigenvalue weighted by molar-refractivity contribution is 6.06. The van der Waals surface area contributed by atoms with Crippen LogP contribution in [0, 0.1) is 16.7 Å². The van der Waals surface area contributed by atoms with E-state index in [2.05, 4.69) is 0 Å². The largest absolute Gasteiger partial charge is 0.480 e. The van der Waals surface area contributed by atoms with Crippen LogP contribution in [0.5, 0.6) is 0 Å². The number of nitrogens with zero attached hydrogens (tertiary/aromatic N) is 3. The van der Waals surface area contributed by atoms with E-state index in [1.807, 2.05) is 6.07 Å². The number of carboxylic acid groups (broad SMARTS) is 1. The Morgan fingerprint density at radius 1 is 1.08 bits per heavy atom. The number of anilines is 1. The Kier molecular flexibility index (Phi) is 7.22. The van der Waals surface area contributed by atoms with E-state index >= 15 is 0 Å². The van der Waals surface area contributed by atoms with Gasteiger partial charge in [0.2, 0.25) is 0 Å². The van der Waals surface area contributed by atoms with E-state index in [0.29, 0.717) is 11.1 Å². The van der Waals surface area contributed by atoms with Crippen LogP contribution in [-0.4, -0.2) is 33.8 Å². The lowest BCUT2D eigenvalue weighted by Gasteiger charge is -2.48. The fourth-order valence-corrected chi connectivity index (χ4v) is 4.63. The summed E-state index contributed by atoms with van der Waals surface area (Å²) in [5.41, 5.74) is -1.34. The van der Waals surface area contributed by atoms with E-state index in [1.165, 1.54) is 44.2 Å². The Hall–Kier alpha value is -4.13. The van der Waals surface area contributed by atoms with E-state index in [0.717, 1.165) is 28.0 Å². The number of hydrogen-bond acceptors (Lipinski definition) is 4. The van der Waals surface area contributed by atoms with Crippen molar-refractivity contribution in [1.82, 2.24) is 4.90 Å². The third-order valence-electron chi connectivity index (χ3n) is 6.19. The number of carboxylic acids is 1. The summed E-state index contributed by atoms with van der Waals surface area (Å²) in [6.45, 7) is 7.53. The van der Waals surface area contributed by atoms with E-state index in [-0.39, 0.29) is 17.0 Å². The van der Waals surface area contributed by atoms with Crippen LogP contribution in [-0.2, 0) is 15.8 Å². The standard InChI is InChI=1S/C27H26F3N3O4/c1-15-21(16(2)34)22(18-11-9-17(14-31)10-12-18)33(23(24(35)36)26(3,4)5)25(37)32(15)20-8-6-7-19(13-20)27(28,29)30/h6-13,22-23H,1-5H3,(H,35,36)/t22-,23?/m1/s1. The van der Waals surface area contributed by atoms with Crippen LogP contribution in [0.4, 0.5) is 23.7 Å². The number of nitriles is 1. The van der Waals surface area contributed by atoms with Crippen LogP contribution in [0.2, 0.25) is 0 Å². The summed E-state index contributed by atoms with van der Waals surface area (Å²) in [5.74, 6) is -1.83. The highest BCUT2D eigenvalue weighted by Crippen LogP contribution is 2.44. The van der Waals surface area contributed by atoms with E-state index in [9.17, 15) is 37.9 Å². The third-order valence-corrected chi connectivity index (χ3v) is 6.19. The van der Waals surface area contributed by atoms with Crippen LogP contribution in [0.15, 0.2) is 59.8 Å². The topological polar surface area (TPSA) is 102 Å². The van der Waals surface area contributed by atoms with Gasteiger partial charge in [-0.05, 0) is 55.2 Å². The molecular weight excluding hydrogens is 487 g/mol. The van der Waals surface area contributed by atoms with Crippen LogP contribution in [0.1, 0.15) is 57.4 Å². The molecule has 3 rings (SSSR count). The van der Waals surface area contributed by atoms with Crippen LogP contribution in [0.25, 0.3) is 0 Å². The Morgan fingerprint density at radius 3 is 2.14 bits per heavy atom.